The van der Waals surface area contributed by atoms with Gasteiger partial charge in [-0.3, -0.25) is 0 Å². The Labute approximate surface area is 135 Å². The van der Waals surface area contributed by atoms with Crippen LogP contribution in [0.15, 0.2) is 36.4 Å². The molecule has 0 heterocycles. The fraction of sp³-hybridized carbons (Fsp3) is 0.316. The van der Waals surface area contributed by atoms with Crippen molar-refractivity contribution in [3.63, 3.8) is 0 Å². The molecule has 116 valence electrons. The van der Waals surface area contributed by atoms with Crippen molar-refractivity contribution in [1.29, 1.82) is 0 Å². The molecular weight excluding hydrogens is 289 g/mol. The zero-order chi connectivity index (χ0) is 16.1. The lowest BCUT2D eigenvalue weighted by Crippen LogP contribution is -2.19. The summed E-state index contributed by atoms with van der Waals surface area (Å²) in [4.78, 5) is 0. The molecule has 2 nitrogen and oxygen atoms in total. The number of phenols is 1. The number of hydrogen-bond acceptors (Lipinski definition) is 1. The summed E-state index contributed by atoms with van der Waals surface area (Å²) in [6.45, 7) is 10.6. The molecule has 2 rings (SSSR count). The van der Waals surface area contributed by atoms with E-state index >= 15 is 0 Å². The average Bonchev–Trinajstić information content (AvgIpc) is 2.51. The van der Waals surface area contributed by atoms with Crippen molar-refractivity contribution >= 4 is 25.4 Å². The van der Waals surface area contributed by atoms with Crippen LogP contribution >= 0.6 is 8.58 Å². The maximum absolute atomic E-state index is 10.1. The number of aryl methyl sites for hydroxylation is 2. The van der Waals surface area contributed by atoms with Crippen molar-refractivity contribution in [2.75, 3.05) is 13.1 Å². The summed E-state index contributed by atoms with van der Waals surface area (Å²) < 4.78 is 2.30. The van der Waals surface area contributed by atoms with Crippen LogP contribution in [0.1, 0.15) is 30.5 Å². The predicted molar refractivity (Wildman–Crippen MR) is 98.1 cm³/mol. The van der Waals surface area contributed by atoms with Gasteiger partial charge in [-0.25, -0.2) is 4.58 Å². The second kappa shape index (κ2) is 7.56. The first-order valence-corrected chi connectivity index (χ1v) is 8.80. The van der Waals surface area contributed by atoms with Gasteiger partial charge < -0.3 is 5.11 Å². The molecule has 0 aromatic heterocycles. The van der Waals surface area contributed by atoms with Gasteiger partial charge in [0.25, 0.3) is 0 Å². The highest BCUT2D eigenvalue weighted by Crippen LogP contribution is 2.22. The van der Waals surface area contributed by atoms with Gasteiger partial charge in [0.1, 0.15) is 18.8 Å². The largest absolute Gasteiger partial charge is 0.507 e. The summed E-state index contributed by atoms with van der Waals surface area (Å²) in [5, 5.41) is 12.5. The van der Waals surface area contributed by atoms with E-state index in [0.29, 0.717) is 14.3 Å². The second-order valence-corrected chi connectivity index (χ2v) is 6.82. The Morgan fingerprint density at radius 3 is 2.50 bits per heavy atom. The maximum Gasteiger partial charge on any atom is 0.171 e. The Hall–Kier alpha value is -1.66. The lowest BCUT2D eigenvalue weighted by atomic mass is 10.1. The van der Waals surface area contributed by atoms with Crippen molar-refractivity contribution in [2.45, 2.75) is 27.7 Å². The molecule has 22 heavy (non-hydrogen) atoms. The molecule has 0 saturated heterocycles. The van der Waals surface area contributed by atoms with E-state index in [1.807, 2.05) is 6.07 Å². The van der Waals surface area contributed by atoms with Gasteiger partial charge in [0, 0.05) is 10.9 Å². The quantitative estimate of drug-likeness (QED) is 0.511. The van der Waals surface area contributed by atoms with Gasteiger partial charge in [-0.15, -0.1) is 0 Å². The van der Waals surface area contributed by atoms with Crippen LogP contribution < -0.4 is 10.6 Å². The number of benzene rings is 2. The van der Waals surface area contributed by atoms with Gasteiger partial charge in [-0.2, -0.15) is 0 Å². The van der Waals surface area contributed by atoms with E-state index in [4.69, 9.17) is 0 Å². The first kappa shape index (κ1) is 16.7. The molecule has 0 radical (unpaired) electrons. The zero-order valence-corrected chi connectivity index (χ0v) is 14.9. The van der Waals surface area contributed by atoms with Crippen LogP contribution in [0.25, 0.3) is 0 Å². The second-order valence-electron chi connectivity index (χ2n) is 5.54. The highest BCUT2D eigenvalue weighted by atomic mass is 31.1. The molecule has 0 spiro atoms. The standard InChI is InChI=1S/C19H24NOP/c1-5-20(6-2)13-16-9-7-8-15(4)19(16)22-18-12-14(3)10-11-17(18)21/h7-13,22H,5-6H2,1-4H3/p+1. The van der Waals surface area contributed by atoms with Gasteiger partial charge in [-0.1, -0.05) is 32.3 Å². The molecule has 0 aliphatic rings. The van der Waals surface area contributed by atoms with Crippen molar-refractivity contribution in [1.82, 2.24) is 0 Å². The van der Waals surface area contributed by atoms with Gasteiger partial charge >= 0.3 is 0 Å². The Morgan fingerprint density at radius 2 is 1.82 bits per heavy atom. The molecule has 2 aromatic carbocycles. The van der Waals surface area contributed by atoms with Gasteiger partial charge in [0.05, 0.1) is 0 Å². The molecule has 0 bridgehead atoms. The van der Waals surface area contributed by atoms with Crippen LogP contribution in [0.5, 0.6) is 5.75 Å². The third-order valence-electron chi connectivity index (χ3n) is 3.85. The maximum atomic E-state index is 10.1. The van der Waals surface area contributed by atoms with E-state index in [1.54, 1.807) is 6.07 Å². The lowest BCUT2D eigenvalue weighted by Gasteiger charge is -2.11. The van der Waals surface area contributed by atoms with Crippen LogP contribution in [-0.2, 0) is 0 Å². The number of aromatic hydroxyl groups is 1. The molecule has 0 fully saturated rings. The topological polar surface area (TPSA) is 23.2 Å². The summed E-state index contributed by atoms with van der Waals surface area (Å²) in [6.07, 6.45) is 2.24. The highest BCUT2D eigenvalue weighted by molar-refractivity contribution is 7.56. The van der Waals surface area contributed by atoms with Gasteiger partial charge in [0.2, 0.25) is 0 Å². The molecule has 1 atom stereocenters. The third-order valence-corrected chi connectivity index (χ3v) is 5.45. The molecule has 0 amide bonds. The zero-order valence-electron chi connectivity index (χ0n) is 13.9. The van der Waals surface area contributed by atoms with E-state index in [1.165, 1.54) is 22.0 Å². The Kier molecular flexibility index (Phi) is 5.74. The summed E-state index contributed by atoms with van der Waals surface area (Å²) in [5.74, 6) is 0.390. The first-order valence-electron chi connectivity index (χ1n) is 7.80. The van der Waals surface area contributed by atoms with E-state index in [-0.39, 0.29) is 0 Å². The molecule has 3 heteroatoms. The normalized spacial score (nSPS) is 11.1. The average molecular weight is 314 g/mol. The predicted octanol–water partition coefficient (Wildman–Crippen LogP) is 3.11. The van der Waals surface area contributed by atoms with Crippen LogP contribution in [0, 0.1) is 13.8 Å². The first-order chi connectivity index (χ1) is 10.5. The SMILES string of the molecule is CC[N+](=Cc1cccc(C)c1Pc1cc(C)ccc1O)CC. The molecular formula is C19H25NOP+. The van der Waals surface area contributed by atoms with Crippen molar-refractivity contribution in [3.05, 3.63) is 53.1 Å². The summed E-state index contributed by atoms with van der Waals surface area (Å²) in [5.41, 5.74) is 3.71. The molecule has 0 aliphatic carbocycles. The Bertz CT molecular complexity index is 686. The lowest BCUT2D eigenvalue weighted by molar-refractivity contribution is -0.515. The molecule has 2 aromatic rings. The van der Waals surface area contributed by atoms with Crippen LogP contribution in [0.2, 0.25) is 0 Å². The van der Waals surface area contributed by atoms with Crippen molar-refractivity contribution in [2.24, 2.45) is 0 Å². The molecule has 0 aliphatic heterocycles. The van der Waals surface area contributed by atoms with E-state index < -0.39 is 0 Å². The smallest absolute Gasteiger partial charge is 0.171 e. The minimum atomic E-state index is 0.390. The van der Waals surface area contributed by atoms with E-state index in [2.05, 4.69) is 62.8 Å². The number of phenolic OH excluding ortho intramolecular Hbond substituents is 1. The van der Waals surface area contributed by atoms with Crippen LogP contribution in [0.4, 0.5) is 0 Å². The minimum absolute atomic E-state index is 0.390. The van der Waals surface area contributed by atoms with E-state index in [0.717, 1.165) is 18.4 Å². The Balaban J connectivity index is 2.46. The molecule has 0 saturated carbocycles. The third kappa shape index (κ3) is 3.96. The summed E-state index contributed by atoms with van der Waals surface area (Å²) in [7, 11) is 0.464. The monoisotopic (exact) mass is 314 g/mol. The number of nitrogens with zero attached hydrogens (tertiary/aromatic N) is 1. The van der Waals surface area contributed by atoms with E-state index in [9.17, 15) is 5.11 Å². The number of rotatable bonds is 5. The molecule has 1 unspecified atom stereocenters. The summed E-state index contributed by atoms with van der Waals surface area (Å²) >= 11 is 0. The minimum Gasteiger partial charge on any atom is -0.507 e. The number of hydrogen-bond donors (Lipinski definition) is 1. The van der Waals surface area contributed by atoms with Gasteiger partial charge in [0.15, 0.2) is 6.21 Å². The molecule has 1 N–H and O–H groups in total. The highest BCUT2D eigenvalue weighted by Gasteiger charge is 2.11. The van der Waals surface area contributed by atoms with Crippen molar-refractivity contribution in [3.8, 4) is 5.75 Å². The van der Waals surface area contributed by atoms with Crippen LogP contribution in [0.3, 0.4) is 0 Å². The van der Waals surface area contributed by atoms with Crippen molar-refractivity contribution < 1.29 is 9.68 Å². The fourth-order valence-corrected chi connectivity index (χ4v) is 3.81. The van der Waals surface area contributed by atoms with Crippen LogP contribution in [-0.4, -0.2) is 29.0 Å². The fourth-order valence-electron chi connectivity index (χ4n) is 2.46. The Morgan fingerprint density at radius 1 is 1.09 bits per heavy atom. The summed E-state index contributed by atoms with van der Waals surface area (Å²) in [6, 6.07) is 12.2. The van der Waals surface area contributed by atoms with Gasteiger partial charge in [-0.05, 0) is 56.8 Å².